The Kier molecular flexibility index (Phi) is 28.9. The number of phenolic OH excluding ortho intramolecular Hbond substituents is 4. The Morgan fingerprint density at radius 1 is 0.431 bits per heavy atom. The quantitative estimate of drug-likeness (QED) is 0.0129. The number of aliphatic carboxylic acids is 1. The predicted octanol–water partition coefficient (Wildman–Crippen LogP) is 16.7. The third-order valence-corrected chi connectivity index (χ3v) is 28.8. The van der Waals surface area contributed by atoms with Crippen LogP contribution in [0, 0.1) is 11.6 Å². The first-order valence-electron chi connectivity index (χ1n) is 37.2. The van der Waals surface area contributed by atoms with Crippen molar-refractivity contribution in [3.8, 4) is 28.7 Å². The summed E-state index contributed by atoms with van der Waals surface area (Å²) >= 11 is 7.92. The van der Waals surface area contributed by atoms with Crippen LogP contribution in [0.15, 0.2) is 256 Å². The Balaban J connectivity index is 0.000000142. The molecule has 0 aliphatic heterocycles. The number of ether oxygens (including phenoxy) is 1. The van der Waals surface area contributed by atoms with Gasteiger partial charge < -0.3 is 30.3 Å². The van der Waals surface area contributed by atoms with E-state index in [-0.39, 0.29) is 75.8 Å². The summed E-state index contributed by atoms with van der Waals surface area (Å²) in [6.45, 7) is 1.75. The van der Waals surface area contributed by atoms with Gasteiger partial charge in [0.1, 0.15) is 40.4 Å². The van der Waals surface area contributed by atoms with E-state index in [1.165, 1.54) is 109 Å². The van der Waals surface area contributed by atoms with Crippen LogP contribution in [0.2, 0.25) is 0 Å². The third kappa shape index (κ3) is 22.5. The maximum absolute atomic E-state index is 13.9. The molecular weight excluding hydrogens is 1810 g/mol. The number of aromatic amines is 3. The molecule has 3 heterocycles. The molecule has 0 bridgehead atoms. The first-order valence-corrected chi connectivity index (χ1v) is 47.8. The lowest BCUT2D eigenvalue weighted by atomic mass is 10.1. The molecule has 1 aliphatic carbocycles. The number of carboxylic acids is 1. The molecule has 12 aromatic carbocycles. The fourth-order valence-electron chi connectivity index (χ4n) is 12.7. The topological polar surface area (TPSA) is 476 Å². The minimum Gasteiger partial charge on any atom is -0.506 e. The van der Waals surface area contributed by atoms with Crippen molar-refractivity contribution in [3.63, 3.8) is 0 Å². The van der Waals surface area contributed by atoms with Crippen molar-refractivity contribution in [3.05, 3.63) is 251 Å². The fraction of sp³-hybridized carbons (Fsp3) is 0.160. The van der Waals surface area contributed by atoms with E-state index >= 15 is 0 Å². The number of sulfonamides is 4. The number of tetrazole rings is 3. The number of fused-ring (bicyclic) bond motifs is 4. The third-order valence-electron chi connectivity index (χ3n) is 18.7. The fourth-order valence-corrected chi connectivity index (χ4v) is 20.6. The highest BCUT2D eigenvalue weighted by atomic mass is 79.9. The van der Waals surface area contributed by atoms with Gasteiger partial charge in [0, 0.05) is 47.6 Å². The first kappa shape index (κ1) is 88.9. The second-order valence-corrected chi connectivity index (χ2v) is 38.7. The normalized spacial score (nSPS) is 12.6. The molecule has 636 valence electrons. The molecule has 123 heavy (non-hydrogen) atoms. The molecule has 0 radical (unpaired) electrons. The smallest absolute Gasteiger partial charge is 0.313 e. The Bertz CT molecular complexity index is 6770. The second kappa shape index (κ2) is 40.0. The highest BCUT2D eigenvalue weighted by Crippen LogP contribution is 2.46. The maximum Gasteiger partial charge on any atom is 0.313 e. The molecule has 12 N–H and O–H groups in total. The van der Waals surface area contributed by atoms with Gasteiger partial charge in [0.25, 0.3) is 40.1 Å². The van der Waals surface area contributed by atoms with E-state index < -0.39 is 57.7 Å². The van der Waals surface area contributed by atoms with E-state index in [0.29, 0.717) is 117 Å². The Morgan fingerprint density at radius 2 is 0.789 bits per heavy atom. The minimum absolute atomic E-state index is 0.00814. The van der Waals surface area contributed by atoms with E-state index in [1.54, 1.807) is 140 Å². The van der Waals surface area contributed by atoms with Gasteiger partial charge in [-0.1, -0.05) is 142 Å². The molecule has 0 unspecified atom stereocenters. The molecule has 15 aromatic rings. The molecule has 0 saturated heterocycles. The number of benzene rings is 12. The number of phenols is 4. The summed E-state index contributed by atoms with van der Waals surface area (Å²) in [5.74, 6) is 0.382. The van der Waals surface area contributed by atoms with Crippen LogP contribution in [0.5, 0.6) is 28.7 Å². The number of rotatable bonds is 27. The van der Waals surface area contributed by atoms with Crippen LogP contribution in [0.25, 0.3) is 43.1 Å². The average Bonchev–Trinajstić information content (AvgIpc) is 1.65. The number of aryl methyl sites for hydroxylation is 1. The molecule has 0 spiro atoms. The number of H-pyrrole nitrogens is 3. The van der Waals surface area contributed by atoms with Crippen LogP contribution in [0.3, 0.4) is 0 Å². The first-order chi connectivity index (χ1) is 59.1. The maximum atomic E-state index is 13.9. The van der Waals surface area contributed by atoms with Crippen molar-refractivity contribution in [1.82, 2.24) is 61.9 Å². The van der Waals surface area contributed by atoms with E-state index in [4.69, 9.17) is 9.84 Å². The number of halogens is 3. The Morgan fingerprint density at radius 3 is 1.19 bits per heavy atom. The largest absolute Gasteiger partial charge is 0.506 e. The van der Waals surface area contributed by atoms with E-state index in [0.717, 1.165) is 60.1 Å². The lowest BCUT2D eigenvalue weighted by Gasteiger charge is -2.17. The SMILES string of the molecule is CCc1cc(S(=O)(=O)Nc2cc(SCc3nn[nH]n3)c(O)c3ccccc23)ccc1F.O=C(O)CSc1cc(NS(=O)(=O)c2ccc(OC3CCCCCC3)cc2)c2ccc(F)cc2c1O.O=S(=O)(Nc1cc(SCc2nn[nH]n2)c(O)c2ccccc12)c1ccc(Br)cc1.O=S(=O)(Nc1cc(SCc2nn[nH]n2)c(O)c2ccccc12)c1ccccc1. The van der Waals surface area contributed by atoms with Gasteiger partial charge in [-0.25, -0.2) is 42.5 Å². The monoisotopic (exact) mass is 1880 g/mol. The van der Waals surface area contributed by atoms with E-state index in [1.807, 2.05) is 0 Å². The Labute approximate surface area is 727 Å². The van der Waals surface area contributed by atoms with Crippen molar-refractivity contribution in [2.75, 3.05) is 24.6 Å². The number of carbonyl (C=O) groups is 1. The molecule has 1 aliphatic rings. The average molecular weight is 1890 g/mol. The van der Waals surface area contributed by atoms with Gasteiger partial charge in [-0.2, -0.15) is 15.6 Å². The lowest BCUT2D eigenvalue weighted by Crippen LogP contribution is -2.16. The molecule has 31 nitrogen and oxygen atoms in total. The second-order valence-electron chi connectivity index (χ2n) is 26.9. The molecular formula is C81H73BrF2N16O15S8. The number of hydrogen-bond acceptors (Lipinski definition) is 27. The van der Waals surface area contributed by atoms with Crippen LogP contribution in [0.4, 0.5) is 31.5 Å². The summed E-state index contributed by atoms with van der Waals surface area (Å²) in [4.78, 5) is 12.8. The van der Waals surface area contributed by atoms with Crippen molar-refractivity contribution in [2.24, 2.45) is 0 Å². The number of anilines is 4. The number of aromatic nitrogens is 12. The number of carboxylic acid groups (broad SMARTS) is 1. The van der Waals surface area contributed by atoms with Gasteiger partial charge in [-0.15, -0.1) is 77.6 Å². The molecule has 42 heteroatoms. The van der Waals surface area contributed by atoms with Crippen molar-refractivity contribution >= 4 is 175 Å². The van der Waals surface area contributed by atoms with Gasteiger partial charge >= 0.3 is 5.97 Å². The zero-order valence-electron chi connectivity index (χ0n) is 64.3. The number of nitrogens with one attached hydrogen (secondary N) is 7. The van der Waals surface area contributed by atoms with Crippen molar-refractivity contribution in [2.45, 2.75) is 114 Å². The van der Waals surface area contributed by atoms with Gasteiger partial charge in [0.05, 0.1) is 91.0 Å². The lowest BCUT2D eigenvalue weighted by molar-refractivity contribution is -0.133. The number of aromatic hydroxyl groups is 4. The summed E-state index contributed by atoms with van der Waals surface area (Å²) < 4.78 is 148. The molecule has 1 saturated carbocycles. The summed E-state index contributed by atoms with van der Waals surface area (Å²) in [6.07, 6.45) is 7.13. The van der Waals surface area contributed by atoms with Crippen LogP contribution >= 0.6 is 63.0 Å². The Hall–Kier alpha value is -11.9. The standard InChI is InChI=1S/C25H26FNO6S2.C20H18FN5O3S2.C18H14BrN5O3S2.C18H15N5O3S2/c26-16-7-12-20-21(13-16)25(30)23(34-15-24(28)29)14-22(20)27-35(31,32)19-10-8-18(9-11-19)33-17-5-3-1-2-4-6-17;1-2-12-9-13(7-8-16(12)21)31(28,29)24-17-10-18(30-11-19-22-25-26-23-19)20(27)15-6-4-3-5-14(15)17;19-11-5-7-12(8-6-11)29(26,27)22-15-9-16(28-10-17-20-23-24-21-17)18(25)14-4-2-1-3-13(14)15;24-18-14-9-5-4-8-13(14)15(10-16(18)27-11-17-19-22-23-20-17)21-28(25,26)12-6-2-1-3-7-12/h7-14,17,27,30H,1-6,15H2,(H,28,29);3-10,24,27H,2,11H2,1H3,(H,22,23,25,26);1-9,22,25H,10H2,(H,20,21,23,24);1-10,21,24H,11H2,(H,19,20,22,23). The zero-order valence-corrected chi connectivity index (χ0v) is 72.4. The van der Waals surface area contributed by atoms with E-state index in [9.17, 15) is 67.7 Å². The summed E-state index contributed by atoms with van der Waals surface area (Å²) in [5.41, 5.74) is 1.47. The minimum atomic E-state index is -4.04. The van der Waals surface area contributed by atoms with Gasteiger partial charge in [-0.05, 0) is 159 Å². The predicted molar refractivity (Wildman–Crippen MR) is 470 cm³/mol. The van der Waals surface area contributed by atoms with Crippen LogP contribution < -0.4 is 23.6 Å². The highest BCUT2D eigenvalue weighted by molar-refractivity contribution is 9.10. The van der Waals surface area contributed by atoms with Crippen LogP contribution in [0.1, 0.15) is 68.5 Å². The molecule has 0 atom stereocenters. The van der Waals surface area contributed by atoms with Gasteiger partial charge in [-0.3, -0.25) is 23.7 Å². The summed E-state index contributed by atoms with van der Waals surface area (Å²) in [7, 11) is -15.6. The summed E-state index contributed by atoms with van der Waals surface area (Å²) in [6, 6.07) is 55.1. The molecule has 16 rings (SSSR count). The molecule has 0 amide bonds. The molecule has 1 fully saturated rings. The van der Waals surface area contributed by atoms with E-state index in [2.05, 4.69) is 96.7 Å². The highest BCUT2D eigenvalue weighted by Gasteiger charge is 2.26. The number of nitrogens with zero attached hydrogens (tertiary/aromatic N) is 9. The van der Waals surface area contributed by atoms with Gasteiger partial charge in [0.2, 0.25) is 0 Å². The zero-order chi connectivity index (χ0) is 87.0. The van der Waals surface area contributed by atoms with Crippen molar-refractivity contribution < 1.29 is 77.5 Å². The number of thioether (sulfide) groups is 4. The van der Waals surface area contributed by atoms with Gasteiger partial charge in [0.15, 0.2) is 17.5 Å². The molecule has 3 aromatic heterocycles. The number of hydrogen-bond donors (Lipinski definition) is 12. The van der Waals surface area contributed by atoms with Crippen LogP contribution in [-0.2, 0) is 68.6 Å². The van der Waals surface area contributed by atoms with Crippen LogP contribution in [-0.4, -0.2) is 139 Å². The summed E-state index contributed by atoms with van der Waals surface area (Å²) in [5, 5.41) is 96.1. The van der Waals surface area contributed by atoms with Crippen molar-refractivity contribution in [1.29, 1.82) is 0 Å².